The van der Waals surface area contributed by atoms with Crippen molar-refractivity contribution in [3.05, 3.63) is 81.1 Å². The summed E-state index contributed by atoms with van der Waals surface area (Å²) in [4.78, 5) is 22.0. The molecule has 0 spiro atoms. The second kappa shape index (κ2) is 11.1. The lowest BCUT2D eigenvalue weighted by atomic mass is 10.2. The minimum absolute atomic E-state index is 0.0429. The predicted molar refractivity (Wildman–Crippen MR) is 118 cm³/mol. The Labute approximate surface area is 206 Å². The van der Waals surface area contributed by atoms with Gasteiger partial charge < -0.3 is 18.9 Å². The van der Waals surface area contributed by atoms with Crippen LogP contribution < -0.4 is 14.2 Å². The highest BCUT2D eigenvalue weighted by Gasteiger charge is 2.33. The number of carbonyl (C=O) groups excluding carboxylic acids is 1. The number of nitro groups is 1. The summed E-state index contributed by atoms with van der Waals surface area (Å²) in [5, 5.41) is 10.8. The number of nitrogens with zero attached hydrogens (tertiary/aromatic N) is 1. The van der Waals surface area contributed by atoms with Crippen molar-refractivity contribution in [3.8, 4) is 28.7 Å². The predicted octanol–water partition coefficient (Wildman–Crippen LogP) is 6.93. The molecule has 0 aliphatic rings. The summed E-state index contributed by atoms with van der Waals surface area (Å²) in [6.45, 7) is -0.0655. The number of nitro benzene ring substituents is 1. The van der Waals surface area contributed by atoms with Crippen LogP contribution in [0.1, 0.15) is 12.0 Å². The molecule has 0 heterocycles. The van der Waals surface area contributed by atoms with Crippen LogP contribution >= 0.6 is 11.6 Å². The van der Waals surface area contributed by atoms with Gasteiger partial charge in [-0.2, -0.15) is 13.2 Å². The lowest BCUT2D eigenvalue weighted by Gasteiger charge is -2.14. The van der Waals surface area contributed by atoms with Gasteiger partial charge in [0, 0.05) is 12.1 Å². The fourth-order valence-electron chi connectivity index (χ4n) is 2.85. The molecule has 0 fully saturated rings. The molecule has 3 aromatic carbocycles. The number of alkyl halides is 3. The molecule has 8 nitrogen and oxygen atoms in total. The molecule has 0 aromatic heterocycles. The van der Waals surface area contributed by atoms with E-state index in [1.807, 2.05) is 0 Å². The lowest BCUT2D eigenvalue weighted by molar-refractivity contribution is -0.385. The lowest BCUT2D eigenvalue weighted by Crippen LogP contribution is -2.08. The maximum atomic E-state index is 14.3. The van der Waals surface area contributed by atoms with E-state index >= 15 is 0 Å². The van der Waals surface area contributed by atoms with E-state index in [0.717, 1.165) is 18.2 Å². The van der Waals surface area contributed by atoms with Crippen molar-refractivity contribution in [2.24, 2.45) is 0 Å². The van der Waals surface area contributed by atoms with E-state index in [1.165, 1.54) is 19.2 Å². The number of hydrogen-bond donors (Lipinski definition) is 0. The maximum Gasteiger partial charge on any atom is 0.416 e. The summed E-state index contributed by atoms with van der Waals surface area (Å²) in [5.41, 5.74) is -1.81. The van der Waals surface area contributed by atoms with Crippen LogP contribution in [-0.2, 0) is 15.7 Å². The van der Waals surface area contributed by atoms with Crippen LogP contribution in [0.15, 0.2) is 54.6 Å². The smallest absolute Gasteiger partial charge is 0.416 e. The van der Waals surface area contributed by atoms with Crippen molar-refractivity contribution < 1.29 is 46.2 Å². The molecule has 0 amide bonds. The Morgan fingerprint density at radius 2 is 1.72 bits per heavy atom. The highest BCUT2D eigenvalue weighted by Crippen LogP contribution is 2.42. The average molecular weight is 530 g/mol. The third-order valence-corrected chi connectivity index (χ3v) is 4.81. The summed E-state index contributed by atoms with van der Waals surface area (Å²) in [7, 11) is 1.22. The van der Waals surface area contributed by atoms with E-state index in [9.17, 15) is 32.5 Å². The Balaban J connectivity index is 1.90. The van der Waals surface area contributed by atoms with Crippen molar-refractivity contribution in [2.75, 3.05) is 13.7 Å². The van der Waals surface area contributed by atoms with Crippen LogP contribution in [-0.4, -0.2) is 24.6 Å². The molecule has 0 aliphatic heterocycles. The first-order valence-corrected chi connectivity index (χ1v) is 10.4. The molecule has 0 unspecified atom stereocenters. The number of esters is 1. The summed E-state index contributed by atoms with van der Waals surface area (Å²) >= 11 is 5.79. The van der Waals surface area contributed by atoms with Crippen molar-refractivity contribution in [2.45, 2.75) is 12.6 Å². The van der Waals surface area contributed by atoms with E-state index in [2.05, 4.69) is 4.74 Å². The fourth-order valence-corrected chi connectivity index (χ4v) is 3.09. The topological polar surface area (TPSA) is 97.1 Å². The molecule has 0 bridgehead atoms. The molecule has 3 rings (SSSR count). The van der Waals surface area contributed by atoms with Gasteiger partial charge in [-0.15, -0.1) is 0 Å². The highest BCUT2D eigenvalue weighted by molar-refractivity contribution is 6.32. The van der Waals surface area contributed by atoms with Gasteiger partial charge in [-0.05, 0) is 30.3 Å². The quantitative estimate of drug-likeness (QED) is 0.128. The maximum absolute atomic E-state index is 14.3. The molecule has 0 saturated heterocycles. The van der Waals surface area contributed by atoms with Gasteiger partial charge in [0.05, 0.1) is 35.6 Å². The normalized spacial score (nSPS) is 11.1. The average Bonchev–Trinajstić information content (AvgIpc) is 2.81. The largest absolute Gasteiger partial charge is 0.489 e. The Bertz CT molecular complexity index is 1260. The van der Waals surface area contributed by atoms with Gasteiger partial charge in [0.25, 0.3) is 0 Å². The SMILES string of the molecule is COC(=O)CCOc1ccccc1Oc1cc(Oc2c(F)cc(C(F)(F)F)cc2Cl)ccc1[N+](=O)[O-]. The Morgan fingerprint density at radius 1 is 1.03 bits per heavy atom. The van der Waals surface area contributed by atoms with E-state index < -0.39 is 44.9 Å². The summed E-state index contributed by atoms with van der Waals surface area (Å²) < 4.78 is 73.9. The molecule has 0 N–H and O–H groups in total. The molecule has 0 saturated carbocycles. The number of ether oxygens (including phenoxy) is 4. The summed E-state index contributed by atoms with van der Waals surface area (Å²) in [6.07, 6.45) is -4.89. The summed E-state index contributed by atoms with van der Waals surface area (Å²) in [5.74, 6) is -2.97. The molecule has 36 heavy (non-hydrogen) atoms. The van der Waals surface area contributed by atoms with E-state index in [0.29, 0.717) is 6.07 Å². The minimum Gasteiger partial charge on any atom is -0.489 e. The Kier molecular flexibility index (Phi) is 8.20. The van der Waals surface area contributed by atoms with Crippen LogP contribution in [0.2, 0.25) is 5.02 Å². The van der Waals surface area contributed by atoms with Crippen LogP contribution in [0.3, 0.4) is 0 Å². The molecular formula is C23H16ClF4NO7. The summed E-state index contributed by atoms with van der Waals surface area (Å²) in [6, 6.07) is 9.94. The molecule has 190 valence electrons. The van der Waals surface area contributed by atoms with Crippen LogP contribution in [0.4, 0.5) is 23.2 Å². The first-order valence-electron chi connectivity index (χ1n) is 9.98. The molecule has 3 aromatic rings. The van der Waals surface area contributed by atoms with Gasteiger partial charge in [0.1, 0.15) is 5.75 Å². The second-order valence-electron chi connectivity index (χ2n) is 6.98. The van der Waals surface area contributed by atoms with Crippen LogP contribution in [0, 0.1) is 15.9 Å². The minimum atomic E-state index is -4.83. The molecule has 13 heteroatoms. The number of para-hydroxylation sites is 2. The number of methoxy groups -OCH3 is 1. The number of carbonyl (C=O) groups is 1. The van der Waals surface area contributed by atoms with Gasteiger partial charge in [0.15, 0.2) is 23.1 Å². The number of rotatable bonds is 9. The zero-order valence-corrected chi connectivity index (χ0v) is 19.1. The van der Waals surface area contributed by atoms with Crippen molar-refractivity contribution in [3.63, 3.8) is 0 Å². The van der Waals surface area contributed by atoms with E-state index in [4.69, 9.17) is 25.8 Å². The monoisotopic (exact) mass is 529 g/mol. The number of hydrogen-bond acceptors (Lipinski definition) is 7. The van der Waals surface area contributed by atoms with Gasteiger partial charge in [-0.1, -0.05) is 23.7 Å². The van der Waals surface area contributed by atoms with Gasteiger partial charge in [-0.25, -0.2) is 4.39 Å². The van der Waals surface area contributed by atoms with Crippen molar-refractivity contribution in [1.82, 2.24) is 0 Å². The molecular weight excluding hydrogens is 514 g/mol. The highest BCUT2D eigenvalue weighted by atomic mass is 35.5. The third-order valence-electron chi connectivity index (χ3n) is 4.53. The van der Waals surface area contributed by atoms with Gasteiger partial charge in [0.2, 0.25) is 5.75 Å². The molecule has 0 atom stereocenters. The van der Waals surface area contributed by atoms with E-state index in [1.54, 1.807) is 12.1 Å². The van der Waals surface area contributed by atoms with Crippen molar-refractivity contribution >= 4 is 23.3 Å². The molecule has 0 aliphatic carbocycles. The van der Waals surface area contributed by atoms with Gasteiger partial charge >= 0.3 is 17.8 Å². The fraction of sp³-hybridized carbons (Fsp3) is 0.174. The zero-order valence-electron chi connectivity index (χ0n) is 18.3. The zero-order chi connectivity index (χ0) is 26.5. The molecule has 0 radical (unpaired) electrons. The first-order chi connectivity index (χ1) is 17.0. The second-order valence-corrected chi connectivity index (χ2v) is 7.39. The Hall–Kier alpha value is -4.06. The number of benzene rings is 3. The van der Waals surface area contributed by atoms with Crippen molar-refractivity contribution in [1.29, 1.82) is 0 Å². The van der Waals surface area contributed by atoms with Crippen LogP contribution in [0.25, 0.3) is 0 Å². The number of halogens is 5. The third kappa shape index (κ3) is 6.54. The standard InChI is InChI=1S/C23H16ClF4NO7/c1-33-21(30)8-9-34-18-4-2-3-5-19(18)36-20-12-14(6-7-17(20)29(31)32)35-22-15(24)10-13(11-16(22)25)23(26,27)28/h2-7,10-12H,8-9H2,1H3. The first kappa shape index (κ1) is 26.5. The van der Waals surface area contributed by atoms with Crippen LogP contribution in [0.5, 0.6) is 28.7 Å². The van der Waals surface area contributed by atoms with E-state index in [-0.39, 0.29) is 42.1 Å². The van der Waals surface area contributed by atoms with Gasteiger partial charge in [-0.3, -0.25) is 14.9 Å². The Morgan fingerprint density at radius 3 is 2.33 bits per heavy atom.